The number of halogens is 2. The molecule has 1 rings (SSSR count). The molecule has 1 amide bonds. The second-order valence-electron chi connectivity index (χ2n) is 4.33. The van der Waals surface area contributed by atoms with Crippen molar-refractivity contribution >= 4 is 35.1 Å². The van der Waals surface area contributed by atoms with E-state index in [-0.39, 0.29) is 17.2 Å². The number of carbonyl (C=O) groups excluding carboxylic acids is 2. The molecule has 5 nitrogen and oxygen atoms in total. The van der Waals surface area contributed by atoms with Gasteiger partial charge >= 0.3 is 5.97 Å². The quantitative estimate of drug-likeness (QED) is 0.846. The van der Waals surface area contributed by atoms with Crippen LogP contribution in [0.2, 0.25) is 10.0 Å². The van der Waals surface area contributed by atoms with Crippen molar-refractivity contribution in [2.45, 2.75) is 12.5 Å². The Balaban J connectivity index is 2.99. The maximum Gasteiger partial charge on any atom is 0.333 e. The Hall–Kier alpha value is -1.30. The Kier molecular flexibility index (Phi) is 5.80. The van der Waals surface area contributed by atoms with Crippen LogP contribution in [0.1, 0.15) is 17.3 Å². The molecule has 1 unspecified atom stereocenters. The fraction of sp³-hybridized carbons (Fsp3) is 0.385. The highest BCUT2D eigenvalue weighted by atomic mass is 35.5. The molecule has 0 bridgehead atoms. The molecule has 20 heavy (non-hydrogen) atoms. The molecular formula is C13H15Cl2NO4. The molecule has 0 heterocycles. The van der Waals surface area contributed by atoms with Crippen LogP contribution in [0.25, 0.3) is 0 Å². The van der Waals surface area contributed by atoms with E-state index in [1.807, 2.05) is 0 Å². The van der Waals surface area contributed by atoms with Crippen LogP contribution in [-0.4, -0.2) is 38.2 Å². The highest BCUT2D eigenvalue weighted by Crippen LogP contribution is 2.21. The summed E-state index contributed by atoms with van der Waals surface area (Å²) in [5.74, 6) is -1.13. The Morgan fingerprint density at radius 3 is 2.45 bits per heavy atom. The van der Waals surface area contributed by atoms with E-state index in [9.17, 15) is 9.59 Å². The lowest BCUT2D eigenvalue weighted by Crippen LogP contribution is -2.55. The smallest absolute Gasteiger partial charge is 0.333 e. The lowest BCUT2D eigenvalue weighted by molar-refractivity contribution is -0.149. The van der Waals surface area contributed by atoms with E-state index in [4.69, 9.17) is 27.9 Å². The summed E-state index contributed by atoms with van der Waals surface area (Å²) in [5.41, 5.74) is -1.09. The number of benzene rings is 1. The summed E-state index contributed by atoms with van der Waals surface area (Å²) in [6, 6.07) is 4.46. The second-order valence-corrected chi connectivity index (χ2v) is 5.18. The summed E-state index contributed by atoms with van der Waals surface area (Å²) in [6.07, 6.45) is 0. The number of carbonyl (C=O) groups is 2. The molecule has 0 spiro atoms. The molecule has 1 aromatic rings. The van der Waals surface area contributed by atoms with Gasteiger partial charge in [-0.25, -0.2) is 4.79 Å². The van der Waals surface area contributed by atoms with Crippen molar-refractivity contribution < 1.29 is 19.1 Å². The zero-order valence-corrected chi connectivity index (χ0v) is 12.8. The van der Waals surface area contributed by atoms with E-state index in [0.29, 0.717) is 5.02 Å². The molecule has 0 saturated carbocycles. The number of hydrogen-bond acceptors (Lipinski definition) is 4. The first-order chi connectivity index (χ1) is 9.34. The molecule has 1 N–H and O–H groups in total. The van der Waals surface area contributed by atoms with Crippen LogP contribution in [0.3, 0.4) is 0 Å². The summed E-state index contributed by atoms with van der Waals surface area (Å²) in [7, 11) is 2.65. The first kappa shape index (κ1) is 16.8. The van der Waals surface area contributed by atoms with Gasteiger partial charge in [0.05, 0.1) is 24.3 Å². The third kappa shape index (κ3) is 3.85. The summed E-state index contributed by atoms with van der Waals surface area (Å²) >= 11 is 11.7. The van der Waals surface area contributed by atoms with Gasteiger partial charge in [0.1, 0.15) is 0 Å². The monoisotopic (exact) mass is 319 g/mol. The van der Waals surface area contributed by atoms with Gasteiger partial charge in [-0.1, -0.05) is 23.2 Å². The van der Waals surface area contributed by atoms with Gasteiger partial charge < -0.3 is 14.8 Å². The van der Waals surface area contributed by atoms with Crippen molar-refractivity contribution in [3.8, 4) is 0 Å². The predicted octanol–water partition coefficient (Wildman–Crippen LogP) is 2.30. The number of hydrogen-bond donors (Lipinski definition) is 1. The van der Waals surface area contributed by atoms with E-state index >= 15 is 0 Å². The Morgan fingerprint density at radius 2 is 1.95 bits per heavy atom. The van der Waals surface area contributed by atoms with Crippen LogP contribution in [0.4, 0.5) is 0 Å². The third-order valence-electron chi connectivity index (χ3n) is 2.63. The van der Waals surface area contributed by atoms with Gasteiger partial charge in [-0.05, 0) is 25.1 Å². The predicted molar refractivity (Wildman–Crippen MR) is 76.2 cm³/mol. The van der Waals surface area contributed by atoms with Gasteiger partial charge in [0.25, 0.3) is 5.91 Å². The maximum atomic E-state index is 12.2. The van der Waals surface area contributed by atoms with Crippen molar-refractivity contribution in [3.63, 3.8) is 0 Å². The molecule has 1 aromatic carbocycles. The topological polar surface area (TPSA) is 64.6 Å². The van der Waals surface area contributed by atoms with Crippen LogP contribution < -0.4 is 5.32 Å². The molecule has 0 fully saturated rings. The minimum Gasteiger partial charge on any atom is -0.467 e. The van der Waals surface area contributed by atoms with Crippen molar-refractivity contribution in [3.05, 3.63) is 33.8 Å². The molecule has 0 saturated heterocycles. The summed E-state index contributed by atoms with van der Waals surface area (Å²) in [5, 5.41) is 3.17. The minimum absolute atomic E-state index is 0.0311. The molecule has 0 radical (unpaired) electrons. The Labute approximate surface area is 127 Å². The standard InChI is InChI=1S/C13H15Cl2NO4/c1-13(7-19-2,12(18)20-3)16-11(17)9-5-4-8(14)6-10(9)15/h4-6H,7H2,1-3H3,(H,16,17). The van der Waals surface area contributed by atoms with E-state index in [2.05, 4.69) is 10.1 Å². The van der Waals surface area contributed by atoms with Crippen molar-refractivity contribution in [1.29, 1.82) is 0 Å². The zero-order valence-electron chi connectivity index (χ0n) is 11.3. The number of esters is 1. The van der Waals surface area contributed by atoms with Gasteiger partial charge in [-0.2, -0.15) is 0 Å². The van der Waals surface area contributed by atoms with Gasteiger partial charge in [0, 0.05) is 12.1 Å². The van der Waals surface area contributed by atoms with Crippen molar-refractivity contribution in [1.82, 2.24) is 5.32 Å². The largest absolute Gasteiger partial charge is 0.467 e. The van der Waals surface area contributed by atoms with Gasteiger partial charge in [-0.15, -0.1) is 0 Å². The Bertz CT molecular complexity index is 521. The molecular weight excluding hydrogens is 305 g/mol. The van der Waals surface area contributed by atoms with Gasteiger partial charge in [-0.3, -0.25) is 4.79 Å². The normalized spacial score (nSPS) is 13.4. The number of methoxy groups -OCH3 is 2. The molecule has 7 heteroatoms. The number of ether oxygens (including phenoxy) is 2. The summed E-state index contributed by atoms with van der Waals surface area (Å²) < 4.78 is 9.61. The van der Waals surface area contributed by atoms with Crippen LogP contribution >= 0.6 is 23.2 Å². The van der Waals surface area contributed by atoms with Crippen LogP contribution in [0, 0.1) is 0 Å². The van der Waals surface area contributed by atoms with Crippen LogP contribution in [-0.2, 0) is 14.3 Å². The first-order valence-corrected chi connectivity index (χ1v) is 6.44. The lowest BCUT2D eigenvalue weighted by atomic mass is 10.0. The van der Waals surface area contributed by atoms with E-state index in [0.717, 1.165) is 0 Å². The van der Waals surface area contributed by atoms with Crippen molar-refractivity contribution in [2.24, 2.45) is 0 Å². The van der Waals surface area contributed by atoms with Crippen LogP contribution in [0.15, 0.2) is 18.2 Å². The molecule has 1 atom stereocenters. The summed E-state index contributed by atoms with van der Waals surface area (Å²) in [4.78, 5) is 23.9. The van der Waals surface area contributed by atoms with Gasteiger partial charge in [0.2, 0.25) is 0 Å². The molecule has 0 aliphatic rings. The zero-order chi connectivity index (χ0) is 15.3. The highest BCUT2D eigenvalue weighted by Gasteiger charge is 2.36. The van der Waals surface area contributed by atoms with E-state index < -0.39 is 17.4 Å². The molecule has 0 aliphatic carbocycles. The first-order valence-electron chi connectivity index (χ1n) is 5.69. The minimum atomic E-state index is -1.30. The maximum absolute atomic E-state index is 12.2. The SMILES string of the molecule is COCC(C)(NC(=O)c1ccc(Cl)cc1Cl)C(=O)OC. The number of rotatable bonds is 5. The van der Waals surface area contributed by atoms with E-state index in [1.54, 1.807) is 0 Å². The van der Waals surface area contributed by atoms with Crippen molar-refractivity contribution in [2.75, 3.05) is 20.8 Å². The highest BCUT2D eigenvalue weighted by molar-refractivity contribution is 6.36. The second kappa shape index (κ2) is 6.92. The fourth-order valence-corrected chi connectivity index (χ4v) is 2.15. The fourth-order valence-electron chi connectivity index (χ4n) is 1.65. The summed E-state index contributed by atoms with van der Waals surface area (Å²) in [6.45, 7) is 1.47. The average molecular weight is 320 g/mol. The third-order valence-corrected chi connectivity index (χ3v) is 3.18. The number of amides is 1. The molecule has 0 aliphatic heterocycles. The lowest BCUT2D eigenvalue weighted by Gasteiger charge is -2.27. The molecule has 110 valence electrons. The molecule has 0 aromatic heterocycles. The van der Waals surface area contributed by atoms with E-state index in [1.165, 1.54) is 39.3 Å². The van der Waals surface area contributed by atoms with Gasteiger partial charge in [0.15, 0.2) is 5.54 Å². The average Bonchev–Trinajstić information content (AvgIpc) is 2.37. The van der Waals surface area contributed by atoms with Crippen LogP contribution in [0.5, 0.6) is 0 Å². The Morgan fingerprint density at radius 1 is 1.30 bits per heavy atom. The number of nitrogens with one attached hydrogen (secondary N) is 1.